The number of aromatic nitrogens is 1. The fraction of sp³-hybridized carbons (Fsp3) is 0.259. The van der Waals surface area contributed by atoms with Gasteiger partial charge in [-0.15, -0.1) is 0 Å². The molecule has 1 saturated carbocycles. The quantitative estimate of drug-likeness (QED) is 0.403. The van der Waals surface area contributed by atoms with Gasteiger partial charge in [0.2, 0.25) is 0 Å². The number of aliphatic carboxylic acids is 1. The lowest BCUT2D eigenvalue weighted by Gasteiger charge is -2.28. The normalized spacial score (nSPS) is 18.0. The van der Waals surface area contributed by atoms with Crippen molar-refractivity contribution in [3.63, 3.8) is 0 Å². The van der Waals surface area contributed by atoms with E-state index >= 15 is 0 Å². The van der Waals surface area contributed by atoms with E-state index in [1.165, 1.54) is 5.56 Å². The second-order valence-electron chi connectivity index (χ2n) is 8.33. The molecule has 0 bridgehead atoms. The fourth-order valence-electron chi connectivity index (χ4n) is 4.33. The number of carboxylic acid groups (broad SMARTS) is 1. The molecule has 3 aromatic rings. The number of pyridine rings is 1. The summed E-state index contributed by atoms with van der Waals surface area (Å²) in [5, 5.41) is 12.1. The zero-order chi connectivity index (χ0) is 22.3. The van der Waals surface area contributed by atoms with Crippen LogP contribution in [0.15, 0.2) is 85.4 Å². The number of rotatable bonds is 8. The van der Waals surface area contributed by atoms with E-state index in [-0.39, 0.29) is 0 Å². The van der Waals surface area contributed by atoms with E-state index in [2.05, 4.69) is 41.1 Å². The minimum absolute atomic E-state index is 0.300. The molecule has 1 aliphatic rings. The Hall–Kier alpha value is -3.60. The molecule has 1 fully saturated rings. The second-order valence-corrected chi connectivity index (χ2v) is 8.33. The third-order valence-electron chi connectivity index (χ3n) is 6.02. The highest BCUT2D eigenvalue weighted by molar-refractivity contribution is 5.67. The number of carbonyl (C=O) groups is 1. The summed E-state index contributed by atoms with van der Waals surface area (Å²) in [6.45, 7) is 3.91. The first-order valence-electron chi connectivity index (χ1n) is 11.0. The van der Waals surface area contributed by atoms with Gasteiger partial charge in [-0.3, -0.25) is 9.78 Å². The summed E-state index contributed by atoms with van der Waals surface area (Å²) in [4.78, 5) is 15.5. The molecule has 0 saturated heterocycles. The van der Waals surface area contributed by atoms with Crippen molar-refractivity contribution >= 4 is 11.7 Å². The van der Waals surface area contributed by atoms with Crippen LogP contribution in [0.1, 0.15) is 43.6 Å². The van der Waals surface area contributed by atoms with Crippen molar-refractivity contribution in [3.8, 4) is 17.0 Å². The zero-order valence-electron chi connectivity index (χ0n) is 18.0. The van der Waals surface area contributed by atoms with Crippen LogP contribution in [0, 0.1) is 5.92 Å². The highest BCUT2D eigenvalue weighted by Crippen LogP contribution is 2.37. The number of nitrogens with zero attached hydrogens (tertiary/aromatic N) is 1. The molecule has 32 heavy (non-hydrogen) atoms. The van der Waals surface area contributed by atoms with Crippen molar-refractivity contribution in [3.05, 3.63) is 91.0 Å². The van der Waals surface area contributed by atoms with Gasteiger partial charge < -0.3 is 15.2 Å². The average Bonchev–Trinajstić information content (AvgIpc) is 2.80. The predicted octanol–water partition coefficient (Wildman–Crippen LogP) is 6.46. The van der Waals surface area contributed by atoms with Gasteiger partial charge in [0, 0.05) is 12.0 Å². The first kappa shape index (κ1) is 21.6. The SMILES string of the molecule is C=C(Nc1ccc(-c2ccc(C3CCC(CC(=O)O)CC3)cc2)nc1)Oc1ccccc1. The van der Waals surface area contributed by atoms with Crippen molar-refractivity contribution in [2.24, 2.45) is 5.92 Å². The molecule has 0 unspecified atom stereocenters. The molecule has 1 heterocycles. The van der Waals surface area contributed by atoms with Crippen LogP contribution in [0.3, 0.4) is 0 Å². The second kappa shape index (κ2) is 10.1. The van der Waals surface area contributed by atoms with Crippen LogP contribution < -0.4 is 10.1 Å². The molecule has 2 aromatic carbocycles. The van der Waals surface area contributed by atoms with Crippen molar-refractivity contribution < 1.29 is 14.6 Å². The topological polar surface area (TPSA) is 71.5 Å². The Bertz CT molecular complexity index is 1040. The van der Waals surface area contributed by atoms with Gasteiger partial charge in [-0.2, -0.15) is 0 Å². The maximum absolute atomic E-state index is 10.9. The van der Waals surface area contributed by atoms with Crippen LogP contribution in [-0.2, 0) is 4.79 Å². The Morgan fingerprint density at radius 2 is 1.72 bits per heavy atom. The van der Waals surface area contributed by atoms with E-state index in [1.54, 1.807) is 6.20 Å². The molecule has 0 aliphatic heterocycles. The first-order chi connectivity index (χ1) is 15.6. The number of anilines is 1. The molecule has 0 spiro atoms. The number of hydrogen-bond acceptors (Lipinski definition) is 4. The van der Waals surface area contributed by atoms with E-state index < -0.39 is 5.97 Å². The Morgan fingerprint density at radius 1 is 1.00 bits per heavy atom. The summed E-state index contributed by atoms with van der Waals surface area (Å²) >= 11 is 0. The van der Waals surface area contributed by atoms with E-state index in [9.17, 15) is 4.79 Å². The highest BCUT2D eigenvalue weighted by Gasteiger charge is 2.23. The molecule has 0 atom stereocenters. The summed E-state index contributed by atoms with van der Waals surface area (Å²) in [5.41, 5.74) is 4.11. The van der Waals surface area contributed by atoms with Gasteiger partial charge in [0.25, 0.3) is 0 Å². The van der Waals surface area contributed by atoms with Crippen LogP contribution in [0.2, 0.25) is 0 Å². The fourth-order valence-corrected chi connectivity index (χ4v) is 4.33. The molecule has 4 rings (SSSR count). The lowest BCUT2D eigenvalue weighted by molar-refractivity contribution is -0.138. The summed E-state index contributed by atoms with van der Waals surface area (Å²) < 4.78 is 5.67. The molecular formula is C27H28N2O3. The van der Waals surface area contributed by atoms with Gasteiger partial charge in [0.1, 0.15) is 5.75 Å². The van der Waals surface area contributed by atoms with Crippen LogP contribution in [0.4, 0.5) is 5.69 Å². The van der Waals surface area contributed by atoms with Crippen LogP contribution in [0.5, 0.6) is 5.75 Å². The van der Waals surface area contributed by atoms with Crippen LogP contribution in [0.25, 0.3) is 11.3 Å². The van der Waals surface area contributed by atoms with Gasteiger partial charge >= 0.3 is 5.97 Å². The number of benzene rings is 2. The molecule has 1 aliphatic carbocycles. The standard InChI is InChI=1S/C27H28N2O3/c1-19(32-25-5-3-2-4-6-25)29-24-15-16-26(28-18-24)23-13-11-22(12-14-23)21-9-7-20(8-10-21)17-27(30)31/h2-6,11-16,18,20-21,29H,1,7-10,17H2,(H,30,31). The van der Waals surface area contributed by atoms with Crippen LogP contribution >= 0.6 is 0 Å². The minimum Gasteiger partial charge on any atom is -0.481 e. The lowest BCUT2D eigenvalue weighted by Crippen LogP contribution is -2.16. The first-order valence-corrected chi connectivity index (χ1v) is 11.0. The van der Waals surface area contributed by atoms with Gasteiger partial charge in [0.05, 0.1) is 17.6 Å². The lowest BCUT2D eigenvalue weighted by atomic mass is 9.77. The average molecular weight is 429 g/mol. The zero-order valence-corrected chi connectivity index (χ0v) is 18.0. The minimum atomic E-state index is -0.681. The number of para-hydroxylation sites is 1. The summed E-state index contributed by atoms with van der Waals surface area (Å²) in [5.74, 6) is 1.33. The third kappa shape index (κ3) is 5.76. The molecule has 5 nitrogen and oxygen atoms in total. The molecule has 5 heteroatoms. The van der Waals surface area contributed by atoms with Crippen molar-refractivity contribution in [2.45, 2.75) is 38.0 Å². The largest absolute Gasteiger partial charge is 0.481 e. The van der Waals surface area contributed by atoms with Gasteiger partial charge in [0.15, 0.2) is 5.88 Å². The highest BCUT2D eigenvalue weighted by atomic mass is 16.5. The van der Waals surface area contributed by atoms with Crippen molar-refractivity contribution in [1.82, 2.24) is 4.98 Å². The number of carboxylic acids is 1. The van der Waals surface area contributed by atoms with Gasteiger partial charge in [-0.25, -0.2) is 0 Å². The Morgan fingerprint density at radius 3 is 2.34 bits per heavy atom. The maximum Gasteiger partial charge on any atom is 0.303 e. The Kier molecular flexibility index (Phi) is 6.85. The van der Waals surface area contributed by atoms with E-state index in [0.29, 0.717) is 24.1 Å². The molecular weight excluding hydrogens is 400 g/mol. The molecule has 164 valence electrons. The number of nitrogens with one attached hydrogen (secondary N) is 1. The van der Waals surface area contributed by atoms with E-state index in [4.69, 9.17) is 9.84 Å². The molecule has 1 aromatic heterocycles. The summed E-state index contributed by atoms with van der Waals surface area (Å²) in [6, 6.07) is 22.0. The predicted molar refractivity (Wildman–Crippen MR) is 126 cm³/mol. The number of hydrogen-bond donors (Lipinski definition) is 2. The Labute approximate surface area is 188 Å². The van der Waals surface area contributed by atoms with Crippen LogP contribution in [-0.4, -0.2) is 16.1 Å². The van der Waals surface area contributed by atoms with Crippen molar-refractivity contribution in [2.75, 3.05) is 5.32 Å². The number of ether oxygens (including phenoxy) is 1. The van der Waals surface area contributed by atoms with E-state index in [0.717, 1.165) is 48.4 Å². The molecule has 0 radical (unpaired) electrons. The molecule has 2 N–H and O–H groups in total. The summed E-state index contributed by atoms with van der Waals surface area (Å²) in [7, 11) is 0. The smallest absolute Gasteiger partial charge is 0.303 e. The Balaban J connectivity index is 1.32. The monoisotopic (exact) mass is 428 g/mol. The van der Waals surface area contributed by atoms with E-state index in [1.807, 2.05) is 42.5 Å². The third-order valence-corrected chi connectivity index (χ3v) is 6.02. The van der Waals surface area contributed by atoms with Gasteiger partial charge in [-0.05, 0) is 73.9 Å². The molecule has 0 amide bonds. The van der Waals surface area contributed by atoms with Crippen molar-refractivity contribution in [1.29, 1.82) is 0 Å². The van der Waals surface area contributed by atoms with Gasteiger partial charge in [-0.1, -0.05) is 42.5 Å². The maximum atomic E-state index is 10.9. The summed E-state index contributed by atoms with van der Waals surface area (Å²) in [6.07, 6.45) is 6.18.